The van der Waals surface area contributed by atoms with Crippen LogP contribution in [-0.4, -0.2) is 34.9 Å². The fourth-order valence-electron chi connectivity index (χ4n) is 3.97. The molecule has 4 rings (SSSR count). The quantitative estimate of drug-likeness (QED) is 0.507. The summed E-state index contributed by atoms with van der Waals surface area (Å²) in [6.07, 6.45) is 6.26. The van der Waals surface area contributed by atoms with Gasteiger partial charge in [0.2, 0.25) is 11.8 Å². The highest BCUT2D eigenvalue weighted by Crippen LogP contribution is 2.30. The maximum Gasteiger partial charge on any atom is 0.221 e. The number of Topliss-reactive ketones (excluding diaryl/α,β-unsaturated/α-hetero) is 4. The summed E-state index contributed by atoms with van der Waals surface area (Å²) in [4.78, 5) is 73.0. The maximum atomic E-state index is 12.7. The predicted octanol–water partition coefficient (Wildman–Crippen LogP) is 3.86. The van der Waals surface area contributed by atoms with E-state index in [0.29, 0.717) is 11.4 Å². The third-order valence-corrected chi connectivity index (χ3v) is 5.49. The van der Waals surface area contributed by atoms with Crippen LogP contribution in [0.2, 0.25) is 0 Å². The molecule has 0 saturated carbocycles. The largest absolute Gasteiger partial charge is 0.326 e. The average Bonchev–Trinajstić information content (AvgIpc) is 3.17. The van der Waals surface area contributed by atoms with Gasteiger partial charge >= 0.3 is 0 Å². The summed E-state index contributed by atoms with van der Waals surface area (Å²) >= 11 is 0. The minimum absolute atomic E-state index is 0.00481. The Kier molecular flexibility index (Phi) is 6.20. The second-order valence-electron chi connectivity index (χ2n) is 8.06. The molecule has 2 N–H and O–H groups in total. The molecule has 0 bridgehead atoms. The second kappa shape index (κ2) is 9.26. The van der Waals surface area contributed by atoms with Crippen molar-refractivity contribution in [3.8, 4) is 0 Å². The predicted molar refractivity (Wildman–Crippen MR) is 129 cm³/mol. The van der Waals surface area contributed by atoms with Gasteiger partial charge in [-0.1, -0.05) is 18.2 Å². The monoisotopic (exact) mass is 468 g/mol. The Labute approximate surface area is 200 Å². The van der Waals surface area contributed by atoms with Crippen molar-refractivity contribution in [2.45, 2.75) is 20.3 Å². The number of rotatable bonds is 5. The molecule has 8 nitrogen and oxygen atoms in total. The molecule has 35 heavy (non-hydrogen) atoms. The van der Waals surface area contributed by atoms with Crippen molar-refractivity contribution in [2.75, 3.05) is 10.6 Å². The minimum Gasteiger partial charge on any atom is -0.326 e. The van der Waals surface area contributed by atoms with Crippen LogP contribution in [-0.2, 0) is 9.59 Å². The number of carbonyl (C=O) groups excluding carboxylic acids is 6. The summed E-state index contributed by atoms with van der Waals surface area (Å²) < 4.78 is 0. The van der Waals surface area contributed by atoms with Crippen LogP contribution >= 0.6 is 0 Å². The number of benzene rings is 2. The molecular weight excluding hydrogens is 448 g/mol. The lowest BCUT2D eigenvalue weighted by molar-refractivity contribution is -0.115. The van der Waals surface area contributed by atoms with Gasteiger partial charge in [0.1, 0.15) is 0 Å². The van der Waals surface area contributed by atoms with Crippen molar-refractivity contribution in [1.29, 1.82) is 0 Å². The Morgan fingerprint density at radius 2 is 1.14 bits per heavy atom. The normalized spacial score (nSPS) is 16.9. The number of amides is 2. The van der Waals surface area contributed by atoms with Crippen LogP contribution in [0.25, 0.3) is 0 Å². The lowest BCUT2D eigenvalue weighted by Gasteiger charge is -2.03. The van der Waals surface area contributed by atoms with Crippen LogP contribution < -0.4 is 10.6 Å². The van der Waals surface area contributed by atoms with Gasteiger partial charge in [-0.3, -0.25) is 28.8 Å². The molecule has 8 heteroatoms. The Bertz CT molecular complexity index is 1440. The molecule has 0 aromatic heterocycles. The van der Waals surface area contributed by atoms with Crippen molar-refractivity contribution >= 4 is 46.3 Å². The Hall–Kier alpha value is -4.72. The molecule has 2 aliphatic rings. The molecule has 0 saturated heterocycles. The topological polar surface area (TPSA) is 126 Å². The number of fused-ring (bicyclic) bond motifs is 2. The van der Waals surface area contributed by atoms with Gasteiger partial charge in [0.25, 0.3) is 0 Å². The van der Waals surface area contributed by atoms with Gasteiger partial charge in [0.05, 0.1) is 11.1 Å². The van der Waals surface area contributed by atoms with Crippen molar-refractivity contribution in [3.63, 3.8) is 0 Å². The molecule has 0 atom stereocenters. The van der Waals surface area contributed by atoms with E-state index >= 15 is 0 Å². The summed E-state index contributed by atoms with van der Waals surface area (Å²) in [5.41, 5.74) is 1.89. The molecule has 0 aliphatic heterocycles. The number of anilines is 2. The van der Waals surface area contributed by atoms with E-state index in [4.69, 9.17) is 0 Å². The first kappa shape index (κ1) is 23.4. The molecule has 2 aromatic carbocycles. The highest BCUT2D eigenvalue weighted by Gasteiger charge is 2.34. The first-order chi connectivity index (χ1) is 16.7. The molecule has 0 unspecified atom stereocenters. The molecule has 2 aliphatic carbocycles. The Morgan fingerprint density at radius 3 is 1.66 bits per heavy atom. The van der Waals surface area contributed by atoms with Gasteiger partial charge in [0, 0.05) is 47.5 Å². The van der Waals surface area contributed by atoms with E-state index in [1.165, 1.54) is 56.3 Å². The fourth-order valence-corrected chi connectivity index (χ4v) is 3.97. The van der Waals surface area contributed by atoms with Gasteiger partial charge in [0.15, 0.2) is 23.1 Å². The van der Waals surface area contributed by atoms with Crippen LogP contribution in [0.15, 0.2) is 71.8 Å². The molecule has 174 valence electrons. The van der Waals surface area contributed by atoms with Crippen molar-refractivity contribution in [2.24, 2.45) is 0 Å². The standard InChI is InChI=1S/C27H20N2O6/c1-14(30)28-16-8-10-18-22(12-16)26(34)20(24(18)32)6-4-3-5-7-21-25(33)19-11-9-17(29-15(2)31)13-23(19)27(21)35/h3-4,6-13H,5H2,1-2H3,(H,28,30)(H,29,31). The molecule has 2 aromatic rings. The van der Waals surface area contributed by atoms with Gasteiger partial charge < -0.3 is 10.6 Å². The molecule has 0 fully saturated rings. The molecule has 0 heterocycles. The van der Waals surface area contributed by atoms with Crippen LogP contribution in [0.3, 0.4) is 0 Å². The lowest BCUT2D eigenvalue weighted by Crippen LogP contribution is -2.06. The number of allylic oxidation sites excluding steroid dienone is 6. The SMILES string of the molecule is CC(=O)Nc1ccc2c(c1)C(=O)C(=CC=CCC=C1C(=O)c3ccc(NC(C)=O)cc3C1=O)C2=O. The first-order valence-corrected chi connectivity index (χ1v) is 10.8. The van der Waals surface area contributed by atoms with Crippen molar-refractivity contribution in [3.05, 3.63) is 94.1 Å². The molecular formula is C27H20N2O6. The van der Waals surface area contributed by atoms with E-state index in [2.05, 4.69) is 10.6 Å². The van der Waals surface area contributed by atoms with Crippen LogP contribution in [0.4, 0.5) is 11.4 Å². The summed E-state index contributed by atoms with van der Waals surface area (Å²) in [5.74, 6) is -2.23. The van der Waals surface area contributed by atoms with E-state index in [-0.39, 0.29) is 51.6 Å². The van der Waals surface area contributed by atoms with Gasteiger partial charge in [-0.15, -0.1) is 0 Å². The van der Waals surface area contributed by atoms with Crippen LogP contribution in [0.5, 0.6) is 0 Å². The summed E-state index contributed by atoms with van der Waals surface area (Å²) in [7, 11) is 0. The number of hydrogen-bond donors (Lipinski definition) is 2. The molecule has 0 radical (unpaired) electrons. The summed E-state index contributed by atoms with van der Waals surface area (Å²) in [6, 6.07) is 9.08. The third-order valence-electron chi connectivity index (χ3n) is 5.49. The average molecular weight is 468 g/mol. The Balaban J connectivity index is 1.47. The van der Waals surface area contributed by atoms with E-state index in [9.17, 15) is 28.8 Å². The van der Waals surface area contributed by atoms with Gasteiger partial charge in [-0.05, 0) is 48.9 Å². The Morgan fingerprint density at radius 1 is 0.686 bits per heavy atom. The molecule has 0 spiro atoms. The highest BCUT2D eigenvalue weighted by atomic mass is 16.2. The van der Waals surface area contributed by atoms with Crippen molar-refractivity contribution < 1.29 is 28.8 Å². The zero-order chi connectivity index (χ0) is 25.3. The minimum atomic E-state index is -0.438. The number of carbonyl (C=O) groups is 6. The number of hydrogen-bond acceptors (Lipinski definition) is 6. The highest BCUT2D eigenvalue weighted by molar-refractivity contribution is 6.40. The lowest BCUT2D eigenvalue weighted by atomic mass is 10.1. The smallest absolute Gasteiger partial charge is 0.221 e. The maximum absolute atomic E-state index is 12.7. The zero-order valence-electron chi connectivity index (χ0n) is 18.9. The van der Waals surface area contributed by atoms with Gasteiger partial charge in [-0.25, -0.2) is 0 Å². The van der Waals surface area contributed by atoms with E-state index < -0.39 is 23.1 Å². The fraction of sp³-hybridized carbons (Fsp3) is 0.111. The molecule has 2 amide bonds. The zero-order valence-corrected chi connectivity index (χ0v) is 18.9. The second-order valence-corrected chi connectivity index (χ2v) is 8.06. The number of ketones is 4. The van der Waals surface area contributed by atoms with E-state index in [0.717, 1.165) is 0 Å². The van der Waals surface area contributed by atoms with E-state index in [1.54, 1.807) is 18.2 Å². The van der Waals surface area contributed by atoms with Gasteiger partial charge in [-0.2, -0.15) is 0 Å². The summed E-state index contributed by atoms with van der Waals surface area (Å²) in [6.45, 7) is 2.70. The van der Waals surface area contributed by atoms with Crippen LogP contribution in [0.1, 0.15) is 61.7 Å². The van der Waals surface area contributed by atoms with Crippen molar-refractivity contribution in [1.82, 2.24) is 0 Å². The van der Waals surface area contributed by atoms with E-state index in [1.807, 2.05) is 0 Å². The first-order valence-electron chi connectivity index (χ1n) is 10.8. The van der Waals surface area contributed by atoms with Crippen LogP contribution in [0, 0.1) is 0 Å². The third kappa shape index (κ3) is 4.54. The number of nitrogens with one attached hydrogen (secondary N) is 2. The summed E-state index contributed by atoms with van der Waals surface area (Å²) in [5, 5.41) is 5.16.